The molecule has 6 N–H and O–H groups in total. The van der Waals surface area contributed by atoms with Crippen LogP contribution in [0.1, 0.15) is 66.4 Å². The number of phenols is 1. The van der Waals surface area contributed by atoms with Crippen molar-refractivity contribution in [2.24, 2.45) is 16.5 Å². The number of aromatic hydroxyl groups is 1. The predicted molar refractivity (Wildman–Crippen MR) is 118 cm³/mol. The maximum atomic E-state index is 12.4. The van der Waals surface area contributed by atoms with Gasteiger partial charge >= 0.3 is 5.84 Å². The Bertz CT molecular complexity index is 973. The number of rotatable bonds is 6. The summed E-state index contributed by atoms with van der Waals surface area (Å²) in [6, 6.07) is 5.12. The number of furan rings is 1. The number of hydrogen-bond acceptors (Lipinski definition) is 4. The average molecular weight is 415 g/mol. The number of carbonyl (C=O) groups is 1. The normalized spacial score (nSPS) is 13.6. The molecule has 1 amide bonds. The van der Waals surface area contributed by atoms with Crippen molar-refractivity contribution in [2.75, 3.05) is 14.1 Å². The Morgan fingerprint density at radius 2 is 1.97 bits per heavy atom. The lowest BCUT2D eigenvalue weighted by Crippen LogP contribution is -2.79. The third-order valence-electron chi connectivity index (χ3n) is 4.89. The first-order valence-electron chi connectivity index (χ1n) is 9.92. The molecule has 0 saturated heterocycles. The minimum absolute atomic E-state index is 0.00601. The van der Waals surface area contributed by atoms with Crippen LogP contribution in [-0.2, 0) is 0 Å². The molecule has 0 fully saturated rings. The first kappa shape index (κ1) is 23.0. The molecule has 0 unspecified atom stereocenters. The lowest BCUT2D eigenvalue weighted by atomic mass is 10.1. The number of amides is 1. The number of aryl methyl sites for hydroxylation is 1. The first-order chi connectivity index (χ1) is 14.1. The van der Waals surface area contributed by atoms with Crippen LogP contribution in [0.2, 0.25) is 0 Å². The SMILES string of the molecule is CC[C@@H]([NH+]=C(N)C(N)=Nc1ccc(C)c(C(=O)N(C)C)c1O)c1cc(C(C)C)co1. The van der Waals surface area contributed by atoms with Crippen molar-refractivity contribution in [1.82, 2.24) is 4.90 Å². The molecule has 1 aromatic carbocycles. The van der Waals surface area contributed by atoms with Crippen LogP contribution in [0.3, 0.4) is 0 Å². The van der Waals surface area contributed by atoms with Crippen molar-refractivity contribution in [3.8, 4) is 5.75 Å². The summed E-state index contributed by atoms with van der Waals surface area (Å²) < 4.78 is 5.68. The van der Waals surface area contributed by atoms with Crippen LogP contribution in [0.25, 0.3) is 0 Å². The van der Waals surface area contributed by atoms with Crippen molar-refractivity contribution < 1.29 is 19.3 Å². The Balaban J connectivity index is 2.37. The molecule has 0 aliphatic heterocycles. The molecule has 8 nitrogen and oxygen atoms in total. The summed E-state index contributed by atoms with van der Waals surface area (Å²) in [6.45, 7) is 7.94. The quantitative estimate of drug-likeness (QED) is 0.422. The predicted octanol–water partition coefficient (Wildman–Crippen LogP) is 1.70. The summed E-state index contributed by atoms with van der Waals surface area (Å²) in [4.78, 5) is 21.1. The molecule has 0 radical (unpaired) electrons. The van der Waals surface area contributed by atoms with Crippen LogP contribution in [0, 0.1) is 6.92 Å². The molecular weight excluding hydrogens is 382 g/mol. The monoisotopic (exact) mass is 414 g/mol. The van der Waals surface area contributed by atoms with E-state index < -0.39 is 0 Å². The molecule has 0 spiro atoms. The topological polar surface area (TPSA) is 132 Å². The fourth-order valence-electron chi connectivity index (χ4n) is 2.94. The second-order valence-corrected chi connectivity index (χ2v) is 7.78. The van der Waals surface area contributed by atoms with E-state index in [0.29, 0.717) is 11.5 Å². The molecular formula is C22H32N5O3+. The van der Waals surface area contributed by atoms with Gasteiger partial charge in [0, 0.05) is 14.1 Å². The summed E-state index contributed by atoms with van der Waals surface area (Å²) in [5.74, 6) is 0.728. The van der Waals surface area contributed by atoms with Gasteiger partial charge in [0.15, 0.2) is 11.8 Å². The highest BCUT2D eigenvalue weighted by Crippen LogP contribution is 2.33. The van der Waals surface area contributed by atoms with Crippen molar-refractivity contribution in [1.29, 1.82) is 0 Å². The third kappa shape index (κ3) is 5.00. The van der Waals surface area contributed by atoms with E-state index >= 15 is 0 Å². The van der Waals surface area contributed by atoms with Crippen molar-refractivity contribution >= 4 is 23.3 Å². The Labute approximate surface area is 177 Å². The van der Waals surface area contributed by atoms with Gasteiger partial charge in [-0.1, -0.05) is 26.8 Å². The molecule has 162 valence electrons. The van der Waals surface area contributed by atoms with E-state index in [1.54, 1.807) is 39.4 Å². The van der Waals surface area contributed by atoms with Gasteiger partial charge < -0.3 is 20.2 Å². The molecule has 1 atom stereocenters. The molecule has 2 aromatic rings. The van der Waals surface area contributed by atoms with E-state index in [9.17, 15) is 9.90 Å². The Morgan fingerprint density at radius 1 is 1.30 bits per heavy atom. The highest BCUT2D eigenvalue weighted by atomic mass is 16.3. The van der Waals surface area contributed by atoms with Crippen molar-refractivity contribution in [3.63, 3.8) is 0 Å². The third-order valence-corrected chi connectivity index (χ3v) is 4.89. The zero-order chi connectivity index (χ0) is 22.6. The number of carbonyl (C=O) groups excluding carboxylic acids is 1. The molecule has 2 rings (SSSR count). The summed E-state index contributed by atoms with van der Waals surface area (Å²) in [6.07, 6.45) is 2.46. The van der Waals surface area contributed by atoms with Crippen LogP contribution in [0.5, 0.6) is 5.75 Å². The van der Waals surface area contributed by atoms with E-state index in [1.165, 1.54) is 4.90 Å². The zero-order valence-corrected chi connectivity index (χ0v) is 18.5. The number of aliphatic imine (C=N–C) groups is 1. The number of benzene rings is 1. The maximum absolute atomic E-state index is 12.4. The average Bonchev–Trinajstić information content (AvgIpc) is 3.18. The highest BCUT2D eigenvalue weighted by molar-refractivity contribution is 6.37. The van der Waals surface area contributed by atoms with Gasteiger partial charge in [-0.3, -0.25) is 15.5 Å². The van der Waals surface area contributed by atoms with Gasteiger partial charge in [0.2, 0.25) is 5.84 Å². The minimum atomic E-state index is -0.319. The fourth-order valence-corrected chi connectivity index (χ4v) is 2.94. The molecule has 0 saturated carbocycles. The van der Waals surface area contributed by atoms with E-state index in [4.69, 9.17) is 15.9 Å². The Morgan fingerprint density at radius 3 is 2.50 bits per heavy atom. The second kappa shape index (κ2) is 9.47. The first-order valence-corrected chi connectivity index (χ1v) is 9.92. The zero-order valence-electron chi connectivity index (χ0n) is 18.5. The number of amidine groups is 2. The van der Waals surface area contributed by atoms with Crippen molar-refractivity contribution in [3.05, 3.63) is 46.9 Å². The highest BCUT2D eigenvalue weighted by Gasteiger charge is 2.21. The van der Waals surface area contributed by atoms with Crippen LogP contribution >= 0.6 is 0 Å². The lowest BCUT2D eigenvalue weighted by Gasteiger charge is -2.15. The molecule has 1 aromatic heterocycles. The summed E-state index contributed by atoms with van der Waals surface area (Å²) >= 11 is 0. The standard InChI is InChI=1S/C22H31N5O3/c1-7-15(17-10-14(11-30-17)12(2)3)25-20(23)21(24)26-16-9-8-13(4)18(19(16)28)22(29)27(5)6/h8-12,15,28H,7H2,1-6H3,(H2,23,25)(H2,24,26)/p+1/t15-/m1/s1. The summed E-state index contributed by atoms with van der Waals surface area (Å²) in [5.41, 5.74) is 14.3. The number of nitrogens with two attached hydrogens (primary N) is 2. The summed E-state index contributed by atoms with van der Waals surface area (Å²) in [5, 5.41) is 10.6. The Hall–Kier alpha value is -3.29. The molecule has 0 aliphatic rings. The van der Waals surface area contributed by atoms with E-state index in [1.807, 2.05) is 13.0 Å². The van der Waals surface area contributed by atoms with E-state index in [2.05, 4.69) is 23.8 Å². The lowest BCUT2D eigenvalue weighted by molar-refractivity contribution is -0.512. The van der Waals surface area contributed by atoms with Gasteiger partial charge in [-0.25, -0.2) is 4.99 Å². The van der Waals surface area contributed by atoms with Crippen LogP contribution in [0.4, 0.5) is 5.69 Å². The van der Waals surface area contributed by atoms with Crippen LogP contribution in [0.15, 0.2) is 33.9 Å². The molecule has 0 aliphatic carbocycles. The number of nitrogens with one attached hydrogen (secondary N) is 1. The summed E-state index contributed by atoms with van der Waals surface area (Å²) in [7, 11) is 3.23. The fraction of sp³-hybridized carbons (Fsp3) is 0.409. The molecule has 8 heteroatoms. The van der Waals surface area contributed by atoms with Gasteiger partial charge in [-0.15, -0.1) is 0 Å². The van der Waals surface area contributed by atoms with Crippen LogP contribution in [-0.4, -0.2) is 41.7 Å². The minimum Gasteiger partial charge on any atom is -0.505 e. The van der Waals surface area contributed by atoms with E-state index in [0.717, 1.165) is 17.7 Å². The molecule has 30 heavy (non-hydrogen) atoms. The number of hydrogen-bond donors (Lipinski definition) is 4. The van der Waals surface area contributed by atoms with Crippen LogP contribution < -0.4 is 16.5 Å². The second-order valence-electron chi connectivity index (χ2n) is 7.78. The van der Waals surface area contributed by atoms with E-state index in [-0.39, 0.29) is 40.6 Å². The number of phenolic OH excluding ortho intramolecular Hbond substituents is 1. The van der Waals surface area contributed by atoms with Gasteiger partial charge in [0.25, 0.3) is 5.91 Å². The van der Waals surface area contributed by atoms with Crippen molar-refractivity contribution in [2.45, 2.75) is 46.1 Å². The molecule has 0 bridgehead atoms. The van der Waals surface area contributed by atoms with Gasteiger partial charge in [0.05, 0.1) is 11.8 Å². The van der Waals surface area contributed by atoms with Gasteiger partial charge in [0.1, 0.15) is 11.4 Å². The largest absolute Gasteiger partial charge is 0.505 e. The Kier molecular flexibility index (Phi) is 7.26. The van der Waals surface area contributed by atoms with Gasteiger partial charge in [-0.05, 0) is 42.5 Å². The van der Waals surface area contributed by atoms with Gasteiger partial charge in [-0.2, -0.15) is 0 Å². The smallest absolute Gasteiger partial charge is 0.309 e. The maximum Gasteiger partial charge on any atom is 0.309 e. The number of nitrogens with zero attached hydrogens (tertiary/aromatic N) is 2. The molecule has 1 heterocycles.